The topological polar surface area (TPSA) is 24.5 Å². The monoisotopic (exact) mass is 254 g/mol. The lowest BCUT2D eigenvalue weighted by Crippen LogP contribution is -2.42. The molecule has 1 atom stereocenters. The highest BCUT2D eigenvalue weighted by molar-refractivity contribution is 7.10. The fourth-order valence-corrected chi connectivity index (χ4v) is 3.06. The van der Waals surface area contributed by atoms with Crippen molar-refractivity contribution in [3.05, 3.63) is 21.9 Å². The number of hydrogen-bond acceptors (Lipinski definition) is 4. The molecule has 1 aromatic heterocycles. The average molecular weight is 254 g/mol. The third-order valence-electron chi connectivity index (χ3n) is 3.24. The molecule has 3 nitrogen and oxygen atoms in total. The Bertz CT molecular complexity index is 334. The summed E-state index contributed by atoms with van der Waals surface area (Å²) in [6.07, 6.45) is 1.17. The minimum atomic E-state index is 0.538. The summed E-state index contributed by atoms with van der Waals surface area (Å²) in [7, 11) is 2.20. The normalized spacial score (nSPS) is 21.0. The zero-order chi connectivity index (χ0) is 12.1. The van der Waals surface area contributed by atoms with E-state index in [1.807, 2.05) is 11.3 Å². The molecule has 96 valence electrons. The Hall–Kier alpha value is -0.420. The number of hydrogen-bond donors (Lipinski definition) is 1. The minimum absolute atomic E-state index is 0.538. The van der Waals surface area contributed by atoms with Gasteiger partial charge in [-0.3, -0.25) is 0 Å². The summed E-state index contributed by atoms with van der Waals surface area (Å²) in [4.78, 5) is 3.88. The average Bonchev–Trinajstić information content (AvgIpc) is 2.74. The van der Waals surface area contributed by atoms with Crippen LogP contribution in [-0.2, 0) is 11.3 Å². The molecule has 2 heterocycles. The lowest BCUT2D eigenvalue weighted by atomic mass is 10.2. The van der Waals surface area contributed by atoms with Gasteiger partial charge in [0.2, 0.25) is 0 Å². The van der Waals surface area contributed by atoms with E-state index in [-0.39, 0.29) is 0 Å². The van der Waals surface area contributed by atoms with E-state index < -0.39 is 0 Å². The van der Waals surface area contributed by atoms with E-state index in [0.717, 1.165) is 32.8 Å². The Morgan fingerprint density at radius 3 is 3.12 bits per heavy atom. The largest absolute Gasteiger partial charge is 0.379 e. The maximum Gasteiger partial charge on any atom is 0.0620 e. The summed E-state index contributed by atoms with van der Waals surface area (Å²) < 4.78 is 5.46. The van der Waals surface area contributed by atoms with Gasteiger partial charge in [-0.25, -0.2) is 0 Å². The van der Waals surface area contributed by atoms with Gasteiger partial charge < -0.3 is 15.0 Å². The molecule has 0 spiro atoms. The lowest BCUT2D eigenvalue weighted by molar-refractivity contribution is 0.0708. The predicted molar refractivity (Wildman–Crippen MR) is 72.6 cm³/mol. The summed E-state index contributed by atoms with van der Waals surface area (Å²) in [5.74, 6) is 0. The second kappa shape index (κ2) is 6.50. The maximum absolute atomic E-state index is 5.46. The number of ether oxygens (including phenoxy) is 1. The molecule has 1 aliphatic rings. The minimum Gasteiger partial charge on any atom is -0.379 e. The molecule has 1 saturated heterocycles. The van der Waals surface area contributed by atoms with Gasteiger partial charge in [0.15, 0.2) is 0 Å². The molecule has 1 fully saturated rings. The van der Waals surface area contributed by atoms with Crippen molar-refractivity contribution in [3.8, 4) is 0 Å². The van der Waals surface area contributed by atoms with Crippen LogP contribution in [0.3, 0.4) is 0 Å². The van der Waals surface area contributed by atoms with Crippen LogP contribution in [0.1, 0.15) is 16.9 Å². The summed E-state index contributed by atoms with van der Waals surface area (Å²) in [6, 6.07) is 2.74. The number of aryl methyl sites for hydroxylation is 1. The van der Waals surface area contributed by atoms with Gasteiger partial charge in [0.05, 0.1) is 13.2 Å². The number of morpholine rings is 1. The van der Waals surface area contributed by atoms with Crippen molar-refractivity contribution in [2.45, 2.75) is 25.9 Å². The van der Waals surface area contributed by atoms with Gasteiger partial charge in [-0.2, -0.15) is 0 Å². The zero-order valence-corrected chi connectivity index (χ0v) is 11.6. The molecule has 0 aliphatic carbocycles. The summed E-state index contributed by atoms with van der Waals surface area (Å²) >= 11 is 1.86. The van der Waals surface area contributed by atoms with Gasteiger partial charge >= 0.3 is 0 Å². The van der Waals surface area contributed by atoms with E-state index in [2.05, 4.69) is 35.6 Å². The van der Waals surface area contributed by atoms with Crippen LogP contribution in [0.5, 0.6) is 0 Å². The molecule has 1 aromatic rings. The Morgan fingerprint density at radius 1 is 1.59 bits per heavy atom. The summed E-state index contributed by atoms with van der Waals surface area (Å²) in [5, 5.41) is 5.67. The number of nitrogens with one attached hydrogen (secondary N) is 1. The van der Waals surface area contributed by atoms with Crippen LogP contribution in [0, 0.1) is 6.92 Å². The second-order valence-electron chi connectivity index (χ2n) is 4.78. The molecular formula is C13H22N2OS. The van der Waals surface area contributed by atoms with Crippen molar-refractivity contribution >= 4 is 11.3 Å². The summed E-state index contributed by atoms with van der Waals surface area (Å²) in [5.41, 5.74) is 1.42. The Kier molecular flexibility index (Phi) is 4.98. The third kappa shape index (κ3) is 4.07. The van der Waals surface area contributed by atoms with E-state index in [1.54, 1.807) is 0 Å². The van der Waals surface area contributed by atoms with E-state index in [0.29, 0.717) is 6.04 Å². The Balaban J connectivity index is 1.70. The highest BCUT2D eigenvalue weighted by Gasteiger charge is 2.13. The first kappa shape index (κ1) is 13.0. The molecule has 17 heavy (non-hydrogen) atoms. The first-order chi connectivity index (χ1) is 8.25. The molecule has 0 radical (unpaired) electrons. The molecule has 0 amide bonds. The van der Waals surface area contributed by atoms with Crippen molar-refractivity contribution < 1.29 is 4.74 Å². The molecule has 1 N–H and O–H groups in total. The number of nitrogens with zero attached hydrogens (tertiary/aromatic N) is 1. The molecule has 0 saturated carbocycles. The van der Waals surface area contributed by atoms with Gasteiger partial charge in [-0.05, 0) is 43.9 Å². The number of rotatable bonds is 5. The zero-order valence-electron chi connectivity index (χ0n) is 10.7. The fourth-order valence-electron chi connectivity index (χ4n) is 2.07. The Labute approximate surface area is 108 Å². The first-order valence-electron chi connectivity index (χ1n) is 6.28. The SMILES string of the molecule is Cc1ccsc1CN(C)CCC1COCCN1. The van der Waals surface area contributed by atoms with Crippen LogP contribution in [0.2, 0.25) is 0 Å². The van der Waals surface area contributed by atoms with Crippen LogP contribution < -0.4 is 5.32 Å². The molecule has 0 aromatic carbocycles. The van der Waals surface area contributed by atoms with E-state index in [1.165, 1.54) is 16.9 Å². The highest BCUT2D eigenvalue weighted by Crippen LogP contribution is 2.17. The quantitative estimate of drug-likeness (QED) is 0.868. The van der Waals surface area contributed by atoms with Crippen molar-refractivity contribution in [1.82, 2.24) is 10.2 Å². The van der Waals surface area contributed by atoms with Crippen LogP contribution in [-0.4, -0.2) is 44.3 Å². The molecule has 0 bridgehead atoms. The molecule has 1 unspecified atom stereocenters. The fraction of sp³-hybridized carbons (Fsp3) is 0.692. The highest BCUT2D eigenvalue weighted by atomic mass is 32.1. The molecule has 1 aliphatic heterocycles. The van der Waals surface area contributed by atoms with Crippen molar-refractivity contribution in [2.24, 2.45) is 0 Å². The van der Waals surface area contributed by atoms with Gasteiger partial charge in [0.25, 0.3) is 0 Å². The van der Waals surface area contributed by atoms with Gasteiger partial charge in [-0.1, -0.05) is 0 Å². The smallest absolute Gasteiger partial charge is 0.0620 e. The van der Waals surface area contributed by atoms with E-state index >= 15 is 0 Å². The predicted octanol–water partition coefficient (Wildman–Crippen LogP) is 1.87. The van der Waals surface area contributed by atoms with Crippen molar-refractivity contribution in [1.29, 1.82) is 0 Å². The Morgan fingerprint density at radius 2 is 2.47 bits per heavy atom. The molecule has 4 heteroatoms. The standard InChI is InChI=1S/C13H22N2OS/c1-11-4-8-17-13(11)9-15(2)6-3-12-10-16-7-5-14-12/h4,8,12,14H,3,5-7,9-10H2,1-2H3. The van der Waals surface area contributed by atoms with Crippen molar-refractivity contribution in [2.75, 3.05) is 33.4 Å². The summed E-state index contributed by atoms with van der Waals surface area (Å²) in [6.45, 7) is 7.11. The second-order valence-corrected chi connectivity index (χ2v) is 5.78. The van der Waals surface area contributed by atoms with Crippen molar-refractivity contribution in [3.63, 3.8) is 0 Å². The van der Waals surface area contributed by atoms with Gasteiger partial charge in [0.1, 0.15) is 0 Å². The van der Waals surface area contributed by atoms with E-state index in [4.69, 9.17) is 4.74 Å². The van der Waals surface area contributed by atoms with Crippen LogP contribution in [0.15, 0.2) is 11.4 Å². The van der Waals surface area contributed by atoms with E-state index in [9.17, 15) is 0 Å². The molecule has 2 rings (SSSR count). The molecular weight excluding hydrogens is 232 g/mol. The lowest BCUT2D eigenvalue weighted by Gasteiger charge is -2.26. The third-order valence-corrected chi connectivity index (χ3v) is 4.25. The number of thiophene rings is 1. The van der Waals surface area contributed by atoms with Gasteiger partial charge in [-0.15, -0.1) is 11.3 Å². The van der Waals surface area contributed by atoms with Crippen LogP contribution in [0.25, 0.3) is 0 Å². The first-order valence-corrected chi connectivity index (χ1v) is 7.16. The van der Waals surface area contributed by atoms with Crippen LogP contribution in [0.4, 0.5) is 0 Å². The van der Waals surface area contributed by atoms with Gasteiger partial charge in [0, 0.05) is 24.0 Å². The maximum atomic E-state index is 5.46. The van der Waals surface area contributed by atoms with Crippen LogP contribution >= 0.6 is 11.3 Å².